The van der Waals surface area contributed by atoms with Crippen molar-refractivity contribution in [1.82, 2.24) is 10.6 Å². The third kappa shape index (κ3) is 6.68. The highest BCUT2D eigenvalue weighted by molar-refractivity contribution is 5.71. The standard InChI is InChI=1S/C7H13N3O/c1-3-6(2)9-4-5-10-7(8)11/h1,6,9H,4-5H2,2H3,(H3,8,10,11). The van der Waals surface area contributed by atoms with Crippen LogP contribution in [0.4, 0.5) is 4.79 Å². The molecule has 0 aliphatic carbocycles. The van der Waals surface area contributed by atoms with Crippen molar-refractivity contribution < 1.29 is 4.79 Å². The second-order valence-corrected chi connectivity index (χ2v) is 2.13. The summed E-state index contributed by atoms with van der Waals surface area (Å²) in [4.78, 5) is 10.2. The van der Waals surface area contributed by atoms with Gasteiger partial charge in [0.25, 0.3) is 0 Å². The highest BCUT2D eigenvalue weighted by atomic mass is 16.2. The molecule has 0 saturated heterocycles. The monoisotopic (exact) mass is 155 g/mol. The van der Waals surface area contributed by atoms with Gasteiger partial charge in [-0.2, -0.15) is 0 Å². The summed E-state index contributed by atoms with van der Waals surface area (Å²) in [5.74, 6) is 2.50. The van der Waals surface area contributed by atoms with Crippen molar-refractivity contribution in [3.05, 3.63) is 0 Å². The van der Waals surface area contributed by atoms with Crippen molar-refractivity contribution >= 4 is 6.03 Å². The van der Waals surface area contributed by atoms with Crippen LogP contribution in [0.2, 0.25) is 0 Å². The molecule has 62 valence electrons. The summed E-state index contributed by atoms with van der Waals surface area (Å²) in [5.41, 5.74) is 4.82. The van der Waals surface area contributed by atoms with Gasteiger partial charge in [-0.3, -0.25) is 0 Å². The molecular formula is C7H13N3O. The van der Waals surface area contributed by atoms with E-state index in [9.17, 15) is 4.79 Å². The third-order valence-corrected chi connectivity index (χ3v) is 1.12. The molecule has 0 fully saturated rings. The second-order valence-electron chi connectivity index (χ2n) is 2.13. The third-order valence-electron chi connectivity index (χ3n) is 1.12. The molecule has 0 aromatic rings. The van der Waals surface area contributed by atoms with Gasteiger partial charge in [-0.25, -0.2) is 4.79 Å². The van der Waals surface area contributed by atoms with E-state index in [0.29, 0.717) is 13.1 Å². The van der Waals surface area contributed by atoms with E-state index >= 15 is 0 Å². The normalized spacial score (nSPS) is 11.6. The van der Waals surface area contributed by atoms with Crippen LogP contribution in [0.5, 0.6) is 0 Å². The lowest BCUT2D eigenvalue weighted by Gasteiger charge is -2.06. The molecule has 0 saturated carbocycles. The number of nitrogens with one attached hydrogen (secondary N) is 2. The number of primary amides is 1. The fourth-order valence-corrected chi connectivity index (χ4v) is 0.533. The van der Waals surface area contributed by atoms with Gasteiger partial charge in [0.05, 0.1) is 6.04 Å². The van der Waals surface area contributed by atoms with Crippen LogP contribution in [-0.4, -0.2) is 25.2 Å². The molecule has 0 bridgehead atoms. The zero-order chi connectivity index (χ0) is 8.69. The first-order chi connectivity index (χ1) is 5.16. The Bertz CT molecular complexity index is 162. The van der Waals surface area contributed by atoms with Crippen molar-refractivity contribution in [2.24, 2.45) is 5.73 Å². The molecule has 0 rings (SSSR count). The fourth-order valence-electron chi connectivity index (χ4n) is 0.533. The van der Waals surface area contributed by atoms with Crippen LogP contribution in [0.15, 0.2) is 0 Å². The van der Waals surface area contributed by atoms with E-state index in [0.717, 1.165) is 0 Å². The van der Waals surface area contributed by atoms with Crippen LogP contribution in [0.1, 0.15) is 6.92 Å². The van der Waals surface area contributed by atoms with E-state index in [2.05, 4.69) is 16.6 Å². The Balaban J connectivity index is 3.16. The van der Waals surface area contributed by atoms with Gasteiger partial charge in [-0.05, 0) is 6.92 Å². The zero-order valence-corrected chi connectivity index (χ0v) is 6.55. The van der Waals surface area contributed by atoms with Gasteiger partial charge in [0.1, 0.15) is 0 Å². The van der Waals surface area contributed by atoms with Crippen LogP contribution >= 0.6 is 0 Å². The minimum atomic E-state index is -0.514. The van der Waals surface area contributed by atoms with E-state index in [4.69, 9.17) is 12.2 Å². The quantitative estimate of drug-likeness (QED) is 0.370. The molecule has 4 N–H and O–H groups in total. The molecule has 0 radical (unpaired) electrons. The molecule has 1 unspecified atom stereocenters. The van der Waals surface area contributed by atoms with Gasteiger partial charge in [-0.1, -0.05) is 5.92 Å². The molecule has 11 heavy (non-hydrogen) atoms. The lowest BCUT2D eigenvalue weighted by Crippen LogP contribution is -2.37. The lowest BCUT2D eigenvalue weighted by atomic mass is 10.3. The summed E-state index contributed by atoms with van der Waals surface area (Å²) < 4.78 is 0. The average molecular weight is 155 g/mol. The highest BCUT2D eigenvalue weighted by Gasteiger charge is 1.94. The van der Waals surface area contributed by atoms with E-state index in [1.807, 2.05) is 6.92 Å². The molecule has 2 amide bonds. The van der Waals surface area contributed by atoms with Crippen LogP contribution in [0.25, 0.3) is 0 Å². The smallest absolute Gasteiger partial charge is 0.312 e. The Kier molecular flexibility index (Phi) is 4.95. The van der Waals surface area contributed by atoms with Gasteiger partial charge < -0.3 is 16.4 Å². The number of hydrogen-bond donors (Lipinski definition) is 3. The maximum atomic E-state index is 10.2. The number of hydrogen-bond acceptors (Lipinski definition) is 2. The van der Waals surface area contributed by atoms with E-state index in [-0.39, 0.29) is 6.04 Å². The van der Waals surface area contributed by atoms with Crippen molar-refractivity contribution in [3.63, 3.8) is 0 Å². The molecule has 0 aliphatic heterocycles. The first kappa shape index (κ1) is 9.79. The van der Waals surface area contributed by atoms with Crippen LogP contribution < -0.4 is 16.4 Å². The van der Waals surface area contributed by atoms with Crippen LogP contribution in [0, 0.1) is 12.3 Å². The average Bonchev–Trinajstić information content (AvgIpc) is 1.97. The summed E-state index contributed by atoms with van der Waals surface area (Å²) in [6, 6.07) is -0.482. The van der Waals surface area contributed by atoms with Crippen molar-refractivity contribution in [3.8, 4) is 12.3 Å². The lowest BCUT2D eigenvalue weighted by molar-refractivity contribution is 0.249. The number of nitrogens with two attached hydrogens (primary N) is 1. The van der Waals surface area contributed by atoms with E-state index in [1.165, 1.54) is 0 Å². The molecule has 4 heteroatoms. The molecule has 0 heterocycles. The largest absolute Gasteiger partial charge is 0.352 e. The number of amides is 2. The first-order valence-electron chi connectivity index (χ1n) is 3.39. The van der Waals surface area contributed by atoms with Crippen molar-refractivity contribution in [2.45, 2.75) is 13.0 Å². The highest BCUT2D eigenvalue weighted by Crippen LogP contribution is 1.73. The Morgan fingerprint density at radius 2 is 2.36 bits per heavy atom. The Morgan fingerprint density at radius 3 is 2.82 bits per heavy atom. The molecule has 0 aromatic heterocycles. The minimum Gasteiger partial charge on any atom is -0.352 e. The maximum absolute atomic E-state index is 10.2. The van der Waals surface area contributed by atoms with Gasteiger partial charge >= 0.3 is 6.03 Å². The number of rotatable bonds is 4. The van der Waals surface area contributed by atoms with E-state index < -0.39 is 6.03 Å². The molecule has 0 aromatic carbocycles. The maximum Gasteiger partial charge on any atom is 0.312 e. The first-order valence-corrected chi connectivity index (χ1v) is 3.39. The molecule has 4 nitrogen and oxygen atoms in total. The van der Waals surface area contributed by atoms with Crippen molar-refractivity contribution in [1.29, 1.82) is 0 Å². The van der Waals surface area contributed by atoms with E-state index in [1.54, 1.807) is 0 Å². The summed E-state index contributed by atoms with van der Waals surface area (Å²) in [6.07, 6.45) is 5.09. The number of terminal acetylenes is 1. The van der Waals surface area contributed by atoms with Crippen LogP contribution in [0.3, 0.4) is 0 Å². The summed E-state index contributed by atoms with van der Waals surface area (Å²) in [7, 11) is 0. The van der Waals surface area contributed by atoms with Crippen LogP contribution in [-0.2, 0) is 0 Å². The Labute approximate surface area is 66.5 Å². The summed E-state index contributed by atoms with van der Waals surface area (Å²) >= 11 is 0. The predicted octanol–water partition coefficient (Wildman–Crippen LogP) is -0.734. The molecular weight excluding hydrogens is 142 g/mol. The Morgan fingerprint density at radius 1 is 1.73 bits per heavy atom. The predicted molar refractivity (Wildman–Crippen MR) is 43.9 cm³/mol. The summed E-state index contributed by atoms with van der Waals surface area (Å²) in [5, 5.41) is 5.41. The summed E-state index contributed by atoms with van der Waals surface area (Å²) in [6.45, 7) is 3.00. The number of urea groups is 1. The second kappa shape index (κ2) is 5.57. The van der Waals surface area contributed by atoms with Crippen molar-refractivity contribution in [2.75, 3.05) is 13.1 Å². The molecule has 1 atom stereocenters. The fraction of sp³-hybridized carbons (Fsp3) is 0.571. The zero-order valence-electron chi connectivity index (χ0n) is 6.55. The van der Waals surface area contributed by atoms with Gasteiger partial charge in [0.2, 0.25) is 0 Å². The molecule has 0 aliphatic rings. The number of carbonyl (C=O) groups excluding carboxylic acids is 1. The van der Waals surface area contributed by atoms with Gasteiger partial charge in [-0.15, -0.1) is 6.42 Å². The number of carbonyl (C=O) groups is 1. The minimum absolute atomic E-state index is 0.0321. The van der Waals surface area contributed by atoms with Gasteiger partial charge in [0.15, 0.2) is 0 Å². The molecule has 0 spiro atoms. The van der Waals surface area contributed by atoms with Gasteiger partial charge in [0, 0.05) is 13.1 Å². The topological polar surface area (TPSA) is 67.2 Å². The Hall–Kier alpha value is -1.21. The SMILES string of the molecule is C#CC(C)NCCNC(N)=O.